The lowest BCUT2D eigenvalue weighted by molar-refractivity contribution is 0.241. The van der Waals surface area contributed by atoms with Crippen LogP contribution in [0.25, 0.3) is 0 Å². The highest BCUT2D eigenvalue weighted by Crippen LogP contribution is 2.32. The number of nitrogens with one attached hydrogen (secondary N) is 1. The summed E-state index contributed by atoms with van der Waals surface area (Å²) < 4.78 is 5.74. The zero-order valence-electron chi connectivity index (χ0n) is 10.6. The highest BCUT2D eigenvalue weighted by molar-refractivity contribution is 5.41. The van der Waals surface area contributed by atoms with E-state index in [1.54, 1.807) is 0 Å². The molecular formula is C14H21NO. The number of benzene rings is 1. The summed E-state index contributed by atoms with van der Waals surface area (Å²) in [7, 11) is 0. The fourth-order valence-corrected chi connectivity index (χ4v) is 2.30. The molecule has 88 valence electrons. The summed E-state index contributed by atoms with van der Waals surface area (Å²) in [6.07, 6.45) is 0.238. The summed E-state index contributed by atoms with van der Waals surface area (Å²) in [5.41, 5.74) is 2.85. The Bertz CT molecular complexity index is 373. The van der Waals surface area contributed by atoms with Crippen molar-refractivity contribution in [1.82, 2.24) is 5.32 Å². The van der Waals surface area contributed by atoms with Crippen LogP contribution in [-0.2, 0) is 0 Å². The van der Waals surface area contributed by atoms with Gasteiger partial charge in [-0.05, 0) is 49.9 Å². The van der Waals surface area contributed by atoms with Crippen molar-refractivity contribution >= 4 is 0 Å². The smallest absolute Gasteiger partial charge is 0.120 e. The van der Waals surface area contributed by atoms with Gasteiger partial charge in [0, 0.05) is 12.6 Å². The van der Waals surface area contributed by atoms with E-state index in [-0.39, 0.29) is 6.10 Å². The third-order valence-corrected chi connectivity index (χ3v) is 3.16. The molecule has 1 aromatic carbocycles. The van der Waals surface area contributed by atoms with Gasteiger partial charge in [0.1, 0.15) is 5.75 Å². The first-order valence-electron chi connectivity index (χ1n) is 6.12. The molecule has 0 saturated heterocycles. The molecule has 1 aromatic rings. The van der Waals surface area contributed by atoms with E-state index in [0.29, 0.717) is 12.0 Å². The average molecular weight is 219 g/mol. The molecule has 1 aliphatic heterocycles. The second-order valence-corrected chi connectivity index (χ2v) is 4.99. The van der Waals surface area contributed by atoms with Gasteiger partial charge in [0.05, 0.1) is 6.10 Å². The van der Waals surface area contributed by atoms with E-state index in [1.807, 2.05) is 0 Å². The van der Waals surface area contributed by atoms with Crippen molar-refractivity contribution in [2.24, 2.45) is 0 Å². The molecule has 0 aliphatic carbocycles. The van der Waals surface area contributed by atoms with Crippen LogP contribution in [0.3, 0.4) is 0 Å². The predicted octanol–water partition coefficient (Wildman–Crippen LogP) is 3.24. The molecule has 2 nitrogen and oxygen atoms in total. The molecular weight excluding hydrogens is 198 g/mol. The predicted molar refractivity (Wildman–Crippen MR) is 67.0 cm³/mol. The monoisotopic (exact) mass is 219 g/mol. The number of hydrogen-bond acceptors (Lipinski definition) is 2. The van der Waals surface area contributed by atoms with Gasteiger partial charge in [-0.1, -0.05) is 13.0 Å². The minimum absolute atomic E-state index is 0.238. The molecule has 0 bridgehead atoms. The first kappa shape index (κ1) is 11.5. The lowest BCUT2D eigenvalue weighted by atomic mass is 9.88. The van der Waals surface area contributed by atoms with Crippen LogP contribution in [0.4, 0.5) is 0 Å². The number of fused-ring (bicyclic) bond motifs is 1. The van der Waals surface area contributed by atoms with E-state index < -0.39 is 0 Å². The number of rotatable bonds is 2. The maximum atomic E-state index is 5.74. The van der Waals surface area contributed by atoms with Crippen LogP contribution in [0.5, 0.6) is 5.75 Å². The van der Waals surface area contributed by atoms with E-state index >= 15 is 0 Å². The van der Waals surface area contributed by atoms with Gasteiger partial charge >= 0.3 is 0 Å². The molecule has 16 heavy (non-hydrogen) atoms. The first-order chi connectivity index (χ1) is 7.58. The van der Waals surface area contributed by atoms with Crippen molar-refractivity contribution in [2.75, 3.05) is 6.54 Å². The molecule has 2 rings (SSSR count). The largest absolute Gasteiger partial charge is 0.491 e. The maximum Gasteiger partial charge on any atom is 0.120 e. The molecule has 2 unspecified atom stereocenters. The zero-order chi connectivity index (χ0) is 11.7. The number of ether oxygens (including phenoxy) is 1. The second-order valence-electron chi connectivity index (χ2n) is 4.99. The lowest BCUT2D eigenvalue weighted by Crippen LogP contribution is -2.30. The molecule has 0 saturated carbocycles. The summed E-state index contributed by atoms with van der Waals surface area (Å²) in [6.45, 7) is 9.66. The van der Waals surface area contributed by atoms with Gasteiger partial charge in [0.2, 0.25) is 0 Å². The number of hydrogen-bond donors (Lipinski definition) is 1. The fourth-order valence-electron chi connectivity index (χ4n) is 2.30. The van der Waals surface area contributed by atoms with Gasteiger partial charge in [-0.3, -0.25) is 0 Å². The Hall–Kier alpha value is -1.02. The molecule has 0 spiro atoms. The minimum atomic E-state index is 0.238. The quantitative estimate of drug-likeness (QED) is 0.824. The Morgan fingerprint density at radius 2 is 2.00 bits per heavy atom. The van der Waals surface area contributed by atoms with Crippen molar-refractivity contribution in [3.63, 3.8) is 0 Å². The molecule has 1 aliphatic rings. The lowest BCUT2D eigenvalue weighted by Gasteiger charge is -2.29. The van der Waals surface area contributed by atoms with Gasteiger partial charge in [-0.2, -0.15) is 0 Å². The van der Waals surface area contributed by atoms with Gasteiger partial charge in [-0.25, -0.2) is 0 Å². The third-order valence-electron chi connectivity index (χ3n) is 3.16. The molecule has 2 atom stereocenters. The Morgan fingerprint density at radius 1 is 1.25 bits per heavy atom. The summed E-state index contributed by atoms with van der Waals surface area (Å²) in [6, 6.07) is 6.92. The standard InChI is InChI=1S/C14H21NO/c1-9(2)16-12-5-6-13-10(3)8-15-11(4)14(13)7-12/h5-7,9-11,15H,8H2,1-4H3. The first-order valence-corrected chi connectivity index (χ1v) is 6.12. The third kappa shape index (κ3) is 2.22. The molecule has 2 heteroatoms. The van der Waals surface area contributed by atoms with Crippen molar-refractivity contribution < 1.29 is 4.74 Å². The topological polar surface area (TPSA) is 21.3 Å². The van der Waals surface area contributed by atoms with E-state index in [1.165, 1.54) is 11.1 Å². The van der Waals surface area contributed by atoms with Gasteiger partial charge in [-0.15, -0.1) is 0 Å². The van der Waals surface area contributed by atoms with Crippen LogP contribution in [0.2, 0.25) is 0 Å². The van der Waals surface area contributed by atoms with Gasteiger partial charge < -0.3 is 10.1 Å². The Kier molecular flexibility index (Phi) is 3.20. The molecule has 0 radical (unpaired) electrons. The van der Waals surface area contributed by atoms with Crippen molar-refractivity contribution in [2.45, 2.75) is 45.8 Å². The molecule has 0 amide bonds. The van der Waals surface area contributed by atoms with Gasteiger partial charge in [0.15, 0.2) is 0 Å². The van der Waals surface area contributed by atoms with Crippen molar-refractivity contribution in [3.8, 4) is 5.75 Å². The minimum Gasteiger partial charge on any atom is -0.491 e. The summed E-state index contributed by atoms with van der Waals surface area (Å²) in [5.74, 6) is 1.58. The van der Waals surface area contributed by atoms with Gasteiger partial charge in [0.25, 0.3) is 0 Å². The molecule has 1 heterocycles. The highest BCUT2D eigenvalue weighted by atomic mass is 16.5. The van der Waals surface area contributed by atoms with Crippen LogP contribution >= 0.6 is 0 Å². The zero-order valence-corrected chi connectivity index (χ0v) is 10.6. The average Bonchev–Trinajstić information content (AvgIpc) is 2.23. The Balaban J connectivity index is 2.32. The SMILES string of the molecule is CC(C)Oc1ccc2c(c1)C(C)NCC2C. The maximum absolute atomic E-state index is 5.74. The van der Waals surface area contributed by atoms with Crippen LogP contribution < -0.4 is 10.1 Å². The molecule has 1 N–H and O–H groups in total. The second kappa shape index (κ2) is 4.46. The summed E-state index contributed by atoms with van der Waals surface area (Å²) in [5, 5.41) is 3.51. The van der Waals surface area contributed by atoms with E-state index in [2.05, 4.69) is 51.2 Å². The molecule has 0 aromatic heterocycles. The van der Waals surface area contributed by atoms with Crippen LogP contribution in [0.15, 0.2) is 18.2 Å². The van der Waals surface area contributed by atoms with Crippen molar-refractivity contribution in [1.29, 1.82) is 0 Å². The fraction of sp³-hybridized carbons (Fsp3) is 0.571. The van der Waals surface area contributed by atoms with E-state index in [4.69, 9.17) is 4.74 Å². The van der Waals surface area contributed by atoms with E-state index in [0.717, 1.165) is 12.3 Å². The summed E-state index contributed by atoms with van der Waals surface area (Å²) in [4.78, 5) is 0. The normalized spacial score (nSPS) is 24.3. The van der Waals surface area contributed by atoms with Crippen LogP contribution in [-0.4, -0.2) is 12.6 Å². The highest BCUT2D eigenvalue weighted by Gasteiger charge is 2.21. The Morgan fingerprint density at radius 3 is 2.69 bits per heavy atom. The summed E-state index contributed by atoms with van der Waals surface area (Å²) >= 11 is 0. The van der Waals surface area contributed by atoms with Crippen molar-refractivity contribution in [3.05, 3.63) is 29.3 Å². The van der Waals surface area contributed by atoms with Crippen LogP contribution in [0, 0.1) is 0 Å². The van der Waals surface area contributed by atoms with Crippen LogP contribution in [0.1, 0.15) is 50.8 Å². The Labute approximate surface area is 98.0 Å². The molecule has 0 fully saturated rings. The van der Waals surface area contributed by atoms with E-state index in [9.17, 15) is 0 Å².